The van der Waals surface area contributed by atoms with Crippen molar-refractivity contribution >= 4 is 29.3 Å². The van der Waals surface area contributed by atoms with Gasteiger partial charge in [0.2, 0.25) is 5.91 Å². The minimum atomic E-state index is -0.975. The summed E-state index contributed by atoms with van der Waals surface area (Å²) in [6, 6.07) is 21.0. The number of hydrogen-bond donors (Lipinski definition) is 3. The van der Waals surface area contributed by atoms with Crippen molar-refractivity contribution in [3.05, 3.63) is 83.9 Å². The van der Waals surface area contributed by atoms with Crippen molar-refractivity contribution in [2.24, 2.45) is 11.8 Å². The number of hydrogen-bond acceptors (Lipinski definition) is 3. The Kier molecular flexibility index (Phi) is 6.22. The third kappa shape index (κ3) is 4.82. The molecule has 0 radical (unpaired) electrons. The number of fused-ring (bicyclic) bond motifs is 1. The molecule has 2 aliphatic rings. The molecular weight excluding hydrogens is 454 g/mol. The Hall–Kier alpha value is -4.13. The third-order valence-electron chi connectivity index (χ3n) is 7.10. The highest BCUT2D eigenvalue weighted by Crippen LogP contribution is 2.50. The molecule has 184 valence electrons. The van der Waals surface area contributed by atoms with Crippen LogP contribution < -0.4 is 10.6 Å². The summed E-state index contributed by atoms with van der Waals surface area (Å²) in [5.74, 6) is -0.184. The molecule has 3 N–H and O–H groups in total. The predicted octanol–water partition coefficient (Wildman–Crippen LogP) is 5.67. The molecule has 1 saturated carbocycles. The summed E-state index contributed by atoms with van der Waals surface area (Å²) in [7, 11) is 0. The number of aromatic carboxylic acids is 1. The molecule has 36 heavy (non-hydrogen) atoms. The molecule has 7 nitrogen and oxygen atoms in total. The van der Waals surface area contributed by atoms with Gasteiger partial charge < -0.3 is 20.6 Å². The number of anilines is 2. The van der Waals surface area contributed by atoms with Crippen LogP contribution >= 0.6 is 0 Å². The largest absolute Gasteiger partial charge is 0.478 e. The van der Waals surface area contributed by atoms with Crippen molar-refractivity contribution in [1.82, 2.24) is 4.90 Å². The van der Waals surface area contributed by atoms with E-state index in [1.807, 2.05) is 42.5 Å². The van der Waals surface area contributed by atoms with Gasteiger partial charge in [-0.25, -0.2) is 9.59 Å². The first-order valence-corrected chi connectivity index (χ1v) is 12.2. The van der Waals surface area contributed by atoms with Crippen LogP contribution in [-0.4, -0.2) is 40.5 Å². The van der Waals surface area contributed by atoms with E-state index in [9.17, 15) is 19.5 Å². The number of amides is 3. The number of nitrogens with one attached hydrogen (secondary N) is 2. The van der Waals surface area contributed by atoms with Crippen LogP contribution in [0.1, 0.15) is 42.1 Å². The number of carbonyl (C=O) groups is 3. The SMILES string of the molecule is CC(C)c1ccc(NC(=O)N2CC3CC3[C@@H]2C(=O)Nc2ccc(-c3cccc(C(=O)O)c3)cc2)cc1. The summed E-state index contributed by atoms with van der Waals surface area (Å²) < 4.78 is 0. The van der Waals surface area contributed by atoms with E-state index in [0.717, 1.165) is 17.5 Å². The summed E-state index contributed by atoms with van der Waals surface area (Å²) >= 11 is 0. The lowest BCUT2D eigenvalue weighted by molar-refractivity contribution is -0.120. The fourth-order valence-electron chi connectivity index (χ4n) is 4.95. The van der Waals surface area contributed by atoms with E-state index < -0.39 is 12.0 Å². The molecule has 5 rings (SSSR count). The summed E-state index contributed by atoms with van der Waals surface area (Å²) in [5, 5.41) is 15.1. The smallest absolute Gasteiger partial charge is 0.335 e. The monoisotopic (exact) mass is 483 g/mol. The van der Waals surface area contributed by atoms with Crippen LogP contribution in [0.15, 0.2) is 72.8 Å². The summed E-state index contributed by atoms with van der Waals surface area (Å²) in [6.07, 6.45) is 0.962. The van der Waals surface area contributed by atoms with E-state index in [1.165, 1.54) is 5.56 Å². The summed E-state index contributed by atoms with van der Waals surface area (Å²) in [4.78, 5) is 39.2. The lowest BCUT2D eigenvalue weighted by atomic mass is 10.0. The highest BCUT2D eigenvalue weighted by molar-refractivity contribution is 6.00. The maximum atomic E-state index is 13.2. The number of nitrogens with zero attached hydrogens (tertiary/aromatic N) is 1. The van der Waals surface area contributed by atoms with Gasteiger partial charge in [0, 0.05) is 17.9 Å². The maximum Gasteiger partial charge on any atom is 0.335 e. The Morgan fingerprint density at radius 1 is 0.889 bits per heavy atom. The van der Waals surface area contributed by atoms with Crippen molar-refractivity contribution in [3.63, 3.8) is 0 Å². The van der Waals surface area contributed by atoms with E-state index in [4.69, 9.17) is 0 Å². The second-order valence-electron chi connectivity index (χ2n) is 9.92. The number of carboxylic acid groups (broad SMARTS) is 1. The highest BCUT2D eigenvalue weighted by atomic mass is 16.4. The van der Waals surface area contributed by atoms with Gasteiger partial charge in [0.1, 0.15) is 6.04 Å². The topological polar surface area (TPSA) is 98.7 Å². The Labute approximate surface area is 210 Å². The number of likely N-dealkylation sites (tertiary alicyclic amines) is 1. The lowest BCUT2D eigenvalue weighted by Gasteiger charge is -2.27. The van der Waals surface area contributed by atoms with Gasteiger partial charge in [-0.3, -0.25) is 4.79 Å². The number of carbonyl (C=O) groups excluding carboxylic acids is 2. The molecule has 3 aromatic carbocycles. The third-order valence-corrected chi connectivity index (χ3v) is 7.10. The molecule has 0 bridgehead atoms. The van der Waals surface area contributed by atoms with Crippen LogP contribution in [0.3, 0.4) is 0 Å². The lowest BCUT2D eigenvalue weighted by Crippen LogP contribution is -2.47. The Bertz CT molecular complexity index is 1300. The average Bonchev–Trinajstić information content (AvgIpc) is 3.53. The zero-order valence-electron chi connectivity index (χ0n) is 20.3. The maximum absolute atomic E-state index is 13.2. The molecule has 1 saturated heterocycles. The zero-order chi connectivity index (χ0) is 25.4. The fourth-order valence-corrected chi connectivity index (χ4v) is 4.95. The van der Waals surface area contributed by atoms with Crippen molar-refractivity contribution < 1.29 is 19.5 Å². The van der Waals surface area contributed by atoms with Crippen LogP contribution in [-0.2, 0) is 4.79 Å². The van der Waals surface area contributed by atoms with Crippen LogP contribution in [0.25, 0.3) is 11.1 Å². The van der Waals surface area contributed by atoms with E-state index in [-0.39, 0.29) is 23.4 Å². The Balaban J connectivity index is 1.25. The first-order chi connectivity index (χ1) is 17.3. The predicted molar refractivity (Wildman–Crippen MR) is 139 cm³/mol. The molecule has 0 spiro atoms. The van der Waals surface area contributed by atoms with Crippen LogP contribution in [0.5, 0.6) is 0 Å². The minimum Gasteiger partial charge on any atom is -0.478 e. The van der Waals surface area contributed by atoms with Gasteiger partial charge in [0.05, 0.1) is 5.56 Å². The average molecular weight is 484 g/mol. The van der Waals surface area contributed by atoms with Gasteiger partial charge in [0.15, 0.2) is 0 Å². The Morgan fingerprint density at radius 3 is 2.22 bits per heavy atom. The van der Waals surface area contributed by atoms with Gasteiger partial charge in [-0.1, -0.05) is 50.2 Å². The molecule has 3 atom stereocenters. The summed E-state index contributed by atoms with van der Waals surface area (Å²) in [6.45, 7) is 4.83. The van der Waals surface area contributed by atoms with Crippen molar-refractivity contribution in [2.75, 3.05) is 17.2 Å². The van der Waals surface area contributed by atoms with E-state index >= 15 is 0 Å². The standard InChI is InChI=1S/C29H29N3O4/c1-17(2)18-6-10-24(11-7-18)31-29(36)32-16-22-15-25(22)26(32)27(33)30-23-12-8-19(9-13-23)20-4-3-5-21(14-20)28(34)35/h3-14,17,22,25-26H,15-16H2,1-2H3,(H,30,33)(H,31,36)(H,34,35)/t22?,25?,26-/m1/s1. The molecule has 7 heteroatoms. The number of rotatable bonds is 6. The van der Waals surface area contributed by atoms with Crippen LogP contribution in [0.4, 0.5) is 16.2 Å². The first kappa shape index (κ1) is 23.6. The highest BCUT2D eigenvalue weighted by Gasteiger charge is 2.57. The Morgan fingerprint density at radius 2 is 1.56 bits per heavy atom. The molecule has 3 amide bonds. The molecule has 1 aliphatic heterocycles. The molecule has 1 aliphatic carbocycles. The fraction of sp³-hybridized carbons (Fsp3) is 0.276. The normalized spacial score (nSPS) is 20.1. The molecule has 2 fully saturated rings. The number of benzene rings is 3. The second kappa shape index (κ2) is 9.49. The van der Waals surface area contributed by atoms with Crippen LogP contribution in [0.2, 0.25) is 0 Å². The van der Waals surface area contributed by atoms with E-state index in [1.54, 1.807) is 35.2 Å². The van der Waals surface area contributed by atoms with Crippen molar-refractivity contribution in [1.29, 1.82) is 0 Å². The van der Waals surface area contributed by atoms with E-state index in [0.29, 0.717) is 29.8 Å². The van der Waals surface area contributed by atoms with Crippen molar-refractivity contribution in [2.45, 2.75) is 32.2 Å². The van der Waals surface area contributed by atoms with Crippen LogP contribution in [0, 0.1) is 11.8 Å². The number of piperidine rings is 1. The number of urea groups is 1. The van der Waals surface area contributed by atoms with Gasteiger partial charge >= 0.3 is 12.0 Å². The van der Waals surface area contributed by atoms with Gasteiger partial charge in [-0.05, 0) is 77.3 Å². The number of carboxylic acids is 1. The zero-order valence-corrected chi connectivity index (χ0v) is 20.3. The first-order valence-electron chi connectivity index (χ1n) is 12.2. The summed E-state index contributed by atoms with van der Waals surface area (Å²) in [5.41, 5.74) is 4.41. The molecule has 1 heterocycles. The van der Waals surface area contributed by atoms with Gasteiger partial charge in [0.25, 0.3) is 0 Å². The van der Waals surface area contributed by atoms with Gasteiger partial charge in [-0.15, -0.1) is 0 Å². The second-order valence-corrected chi connectivity index (χ2v) is 9.92. The molecule has 0 aromatic heterocycles. The quantitative estimate of drug-likeness (QED) is 0.421. The molecule has 2 unspecified atom stereocenters. The van der Waals surface area contributed by atoms with Crippen molar-refractivity contribution in [3.8, 4) is 11.1 Å². The minimum absolute atomic E-state index is 0.189. The molecular formula is C29H29N3O4. The van der Waals surface area contributed by atoms with Gasteiger partial charge in [-0.2, -0.15) is 0 Å². The van der Waals surface area contributed by atoms with E-state index in [2.05, 4.69) is 24.5 Å². The molecule has 3 aromatic rings.